The topological polar surface area (TPSA) is 48.9 Å². The number of benzene rings is 1. The van der Waals surface area contributed by atoms with E-state index < -0.39 is 0 Å². The Morgan fingerprint density at radius 2 is 2.08 bits per heavy atom. The first-order valence-electron chi connectivity index (χ1n) is 3.76. The summed E-state index contributed by atoms with van der Waals surface area (Å²) < 4.78 is 0.926. The van der Waals surface area contributed by atoms with Crippen molar-refractivity contribution in [3.05, 3.63) is 34.9 Å². The summed E-state index contributed by atoms with van der Waals surface area (Å²) in [6.07, 6.45) is 1.38. The standard InChI is InChI=1S/C9H7BrN2O/c10-7-4-2-1-3-6(7)9-8(13)5-11-12-9/h1-5,13H,(H,11,12). The van der Waals surface area contributed by atoms with E-state index in [0.29, 0.717) is 5.69 Å². The molecule has 1 aromatic heterocycles. The van der Waals surface area contributed by atoms with Crippen LogP contribution in [0.2, 0.25) is 0 Å². The van der Waals surface area contributed by atoms with Crippen LogP contribution in [0.4, 0.5) is 0 Å². The van der Waals surface area contributed by atoms with Crippen LogP contribution in [-0.4, -0.2) is 15.3 Å². The first-order chi connectivity index (χ1) is 6.29. The second kappa shape index (κ2) is 3.22. The van der Waals surface area contributed by atoms with Crippen molar-refractivity contribution in [2.24, 2.45) is 0 Å². The lowest BCUT2D eigenvalue weighted by Crippen LogP contribution is -1.79. The third-order valence-electron chi connectivity index (χ3n) is 1.76. The van der Waals surface area contributed by atoms with Gasteiger partial charge in [-0.25, -0.2) is 0 Å². The van der Waals surface area contributed by atoms with Crippen molar-refractivity contribution in [3.8, 4) is 17.0 Å². The fraction of sp³-hybridized carbons (Fsp3) is 0. The van der Waals surface area contributed by atoms with Gasteiger partial charge in [-0.1, -0.05) is 34.1 Å². The van der Waals surface area contributed by atoms with Crippen LogP contribution in [0.5, 0.6) is 5.75 Å². The Morgan fingerprint density at radius 3 is 2.69 bits per heavy atom. The van der Waals surface area contributed by atoms with E-state index in [2.05, 4.69) is 26.1 Å². The van der Waals surface area contributed by atoms with Gasteiger partial charge in [0.2, 0.25) is 0 Å². The maximum Gasteiger partial charge on any atom is 0.161 e. The Kier molecular flexibility index (Phi) is 2.06. The van der Waals surface area contributed by atoms with E-state index in [0.717, 1.165) is 10.0 Å². The molecule has 0 bridgehead atoms. The van der Waals surface area contributed by atoms with Gasteiger partial charge < -0.3 is 5.11 Å². The Bertz CT molecular complexity index is 425. The highest BCUT2D eigenvalue weighted by Crippen LogP contribution is 2.31. The maximum absolute atomic E-state index is 9.41. The lowest BCUT2D eigenvalue weighted by atomic mass is 10.1. The van der Waals surface area contributed by atoms with Gasteiger partial charge in [0.15, 0.2) is 5.75 Å². The Hall–Kier alpha value is -1.29. The summed E-state index contributed by atoms with van der Waals surface area (Å²) >= 11 is 3.39. The number of nitrogens with one attached hydrogen (secondary N) is 1. The largest absolute Gasteiger partial charge is 0.504 e. The van der Waals surface area contributed by atoms with Gasteiger partial charge in [0.25, 0.3) is 0 Å². The van der Waals surface area contributed by atoms with E-state index >= 15 is 0 Å². The van der Waals surface area contributed by atoms with Gasteiger partial charge in [0.1, 0.15) is 5.69 Å². The van der Waals surface area contributed by atoms with E-state index in [9.17, 15) is 5.11 Å². The Balaban J connectivity index is 2.59. The normalized spacial score (nSPS) is 10.2. The highest BCUT2D eigenvalue weighted by Gasteiger charge is 2.08. The summed E-state index contributed by atoms with van der Waals surface area (Å²) in [5, 5.41) is 15.9. The number of aromatic amines is 1. The number of rotatable bonds is 1. The van der Waals surface area contributed by atoms with Crippen LogP contribution in [0.15, 0.2) is 34.9 Å². The van der Waals surface area contributed by atoms with Gasteiger partial charge in [-0.2, -0.15) is 5.10 Å². The SMILES string of the molecule is Oc1cn[nH]c1-c1ccccc1Br. The van der Waals surface area contributed by atoms with Gasteiger partial charge in [0.05, 0.1) is 6.20 Å². The summed E-state index contributed by atoms with van der Waals surface area (Å²) in [5.41, 5.74) is 1.53. The van der Waals surface area contributed by atoms with Crippen molar-refractivity contribution in [2.45, 2.75) is 0 Å². The van der Waals surface area contributed by atoms with Crippen LogP contribution in [0, 0.1) is 0 Å². The molecule has 0 saturated carbocycles. The fourth-order valence-corrected chi connectivity index (χ4v) is 1.62. The van der Waals surface area contributed by atoms with Crippen LogP contribution >= 0.6 is 15.9 Å². The second-order valence-corrected chi connectivity index (χ2v) is 3.46. The number of halogens is 1. The lowest BCUT2D eigenvalue weighted by Gasteiger charge is -2.00. The third-order valence-corrected chi connectivity index (χ3v) is 2.45. The molecule has 0 fully saturated rings. The van der Waals surface area contributed by atoms with Gasteiger partial charge in [-0.15, -0.1) is 0 Å². The van der Waals surface area contributed by atoms with Crippen molar-refractivity contribution in [1.29, 1.82) is 0 Å². The zero-order valence-corrected chi connectivity index (χ0v) is 8.25. The average Bonchev–Trinajstić information content (AvgIpc) is 2.52. The van der Waals surface area contributed by atoms with Gasteiger partial charge in [0, 0.05) is 10.0 Å². The zero-order chi connectivity index (χ0) is 9.26. The molecule has 1 heterocycles. The molecular weight excluding hydrogens is 232 g/mol. The fourth-order valence-electron chi connectivity index (χ4n) is 1.14. The molecular formula is C9H7BrN2O. The minimum atomic E-state index is 0.159. The number of nitrogens with zero attached hydrogens (tertiary/aromatic N) is 1. The molecule has 0 amide bonds. The molecule has 1 aromatic carbocycles. The number of hydrogen-bond donors (Lipinski definition) is 2. The molecule has 0 spiro atoms. The average molecular weight is 239 g/mol. The molecule has 13 heavy (non-hydrogen) atoms. The molecule has 0 radical (unpaired) electrons. The van der Waals surface area contributed by atoms with Crippen molar-refractivity contribution < 1.29 is 5.11 Å². The van der Waals surface area contributed by atoms with Crippen LogP contribution in [0.1, 0.15) is 0 Å². The molecule has 2 N–H and O–H groups in total. The summed E-state index contributed by atoms with van der Waals surface area (Å²) in [5.74, 6) is 0.159. The van der Waals surface area contributed by atoms with Crippen molar-refractivity contribution >= 4 is 15.9 Å². The molecule has 0 aliphatic rings. The van der Waals surface area contributed by atoms with E-state index in [-0.39, 0.29) is 5.75 Å². The predicted octanol–water partition coefficient (Wildman–Crippen LogP) is 2.54. The number of H-pyrrole nitrogens is 1. The highest BCUT2D eigenvalue weighted by molar-refractivity contribution is 9.10. The van der Waals surface area contributed by atoms with Crippen LogP contribution in [-0.2, 0) is 0 Å². The van der Waals surface area contributed by atoms with E-state index in [1.54, 1.807) is 0 Å². The number of aromatic nitrogens is 2. The van der Waals surface area contributed by atoms with Gasteiger partial charge in [-0.3, -0.25) is 5.10 Å². The first kappa shape index (κ1) is 8.31. The molecule has 0 saturated heterocycles. The van der Waals surface area contributed by atoms with E-state index in [1.807, 2.05) is 24.3 Å². The van der Waals surface area contributed by atoms with Crippen LogP contribution < -0.4 is 0 Å². The maximum atomic E-state index is 9.41. The molecule has 66 valence electrons. The molecule has 0 atom stereocenters. The molecule has 0 unspecified atom stereocenters. The molecule has 2 aromatic rings. The second-order valence-electron chi connectivity index (χ2n) is 2.61. The monoisotopic (exact) mass is 238 g/mol. The summed E-state index contributed by atoms with van der Waals surface area (Å²) in [4.78, 5) is 0. The third kappa shape index (κ3) is 1.45. The minimum absolute atomic E-state index is 0.159. The summed E-state index contributed by atoms with van der Waals surface area (Å²) in [6.45, 7) is 0. The molecule has 0 aliphatic carbocycles. The van der Waals surface area contributed by atoms with Gasteiger partial charge in [-0.05, 0) is 6.07 Å². The smallest absolute Gasteiger partial charge is 0.161 e. The van der Waals surface area contributed by atoms with Crippen LogP contribution in [0.3, 0.4) is 0 Å². The predicted molar refractivity (Wildman–Crippen MR) is 53.4 cm³/mol. The zero-order valence-electron chi connectivity index (χ0n) is 6.66. The quantitative estimate of drug-likeness (QED) is 0.803. The summed E-state index contributed by atoms with van der Waals surface area (Å²) in [6, 6.07) is 7.63. The highest BCUT2D eigenvalue weighted by atomic mass is 79.9. The van der Waals surface area contributed by atoms with Crippen molar-refractivity contribution in [2.75, 3.05) is 0 Å². The molecule has 3 nitrogen and oxygen atoms in total. The van der Waals surface area contributed by atoms with Crippen LogP contribution in [0.25, 0.3) is 11.3 Å². The Morgan fingerprint density at radius 1 is 1.31 bits per heavy atom. The van der Waals surface area contributed by atoms with E-state index in [4.69, 9.17) is 0 Å². The number of aromatic hydroxyl groups is 1. The molecule has 0 aliphatic heterocycles. The van der Waals surface area contributed by atoms with Crippen molar-refractivity contribution in [1.82, 2.24) is 10.2 Å². The Labute approximate surface area is 83.5 Å². The number of hydrogen-bond acceptors (Lipinski definition) is 2. The summed E-state index contributed by atoms with van der Waals surface area (Å²) in [7, 11) is 0. The molecule has 2 rings (SSSR count). The molecule has 4 heteroatoms. The minimum Gasteiger partial charge on any atom is -0.504 e. The lowest BCUT2D eigenvalue weighted by molar-refractivity contribution is 0.477. The van der Waals surface area contributed by atoms with Gasteiger partial charge >= 0.3 is 0 Å². The van der Waals surface area contributed by atoms with Crippen molar-refractivity contribution in [3.63, 3.8) is 0 Å². The first-order valence-corrected chi connectivity index (χ1v) is 4.55. The van der Waals surface area contributed by atoms with E-state index in [1.165, 1.54) is 6.20 Å².